The smallest absolute Gasteiger partial charge is 0.335 e. The highest BCUT2D eigenvalue weighted by Gasteiger charge is 2.32. The predicted molar refractivity (Wildman–Crippen MR) is 177 cm³/mol. The van der Waals surface area contributed by atoms with Crippen LogP contribution in [0.5, 0.6) is 0 Å². The van der Waals surface area contributed by atoms with E-state index in [1.165, 1.54) is 24.3 Å². The number of hydrogen-bond donors (Lipinski definition) is 6. The largest absolute Gasteiger partial charge is 0.479 e. The van der Waals surface area contributed by atoms with Gasteiger partial charge in [0.25, 0.3) is 0 Å². The van der Waals surface area contributed by atoms with Crippen molar-refractivity contribution in [2.24, 2.45) is 5.73 Å². The Morgan fingerprint density at radius 3 is 1.78 bits per heavy atom. The molecule has 0 bridgehead atoms. The van der Waals surface area contributed by atoms with E-state index in [1.54, 1.807) is 24.3 Å². The number of halogens is 2. The number of rotatable bonds is 13. The Kier molecular flexibility index (Phi) is 14.3. The standard InChI is InChI=1S/C31H36F2N4O2.C4H6O6/c1-21-5-3-6-22(2)30(21)35-29(38)20-36-17-18-37(28(19-36)31(34)39)16-4-7-27(23-8-12-25(32)13-9-23)24-10-14-26(33)15-11-24;5-1(3(7)8)2(6)4(9)10/h3,5-6,8-15,27-28H,4,7,16-20H2,1-2H3,(H2,34,39)(H,35,38);1-2,5-6H,(H,7,8)(H,9,10). The molecule has 0 aliphatic carbocycles. The van der Waals surface area contributed by atoms with Crippen LogP contribution in [0.1, 0.15) is 41.0 Å². The summed E-state index contributed by atoms with van der Waals surface area (Å²) in [5.74, 6) is -4.71. The number of piperazine rings is 1. The number of amides is 2. The third-order valence-electron chi connectivity index (χ3n) is 8.30. The second-order valence-electron chi connectivity index (χ2n) is 11.9. The van der Waals surface area contributed by atoms with Gasteiger partial charge in [-0.25, -0.2) is 18.4 Å². The molecular weight excluding hydrogens is 642 g/mol. The van der Waals surface area contributed by atoms with Crippen molar-refractivity contribution in [2.75, 3.05) is 38.0 Å². The van der Waals surface area contributed by atoms with Crippen molar-refractivity contribution in [1.29, 1.82) is 0 Å². The topological polar surface area (TPSA) is 194 Å². The number of aryl methyl sites for hydroxylation is 2. The number of nitrogens with one attached hydrogen (secondary N) is 1. The predicted octanol–water partition coefficient (Wildman–Crippen LogP) is 2.48. The summed E-state index contributed by atoms with van der Waals surface area (Å²) in [4.78, 5) is 48.7. The second-order valence-corrected chi connectivity index (χ2v) is 11.9. The van der Waals surface area contributed by atoms with Gasteiger partial charge in [0.15, 0.2) is 12.2 Å². The number of nitrogens with two attached hydrogens (primary N) is 1. The van der Waals surface area contributed by atoms with Gasteiger partial charge in [-0.2, -0.15) is 0 Å². The number of aliphatic hydroxyl groups excluding tert-OH is 2. The van der Waals surface area contributed by atoms with Gasteiger partial charge in [0.05, 0.1) is 6.54 Å². The molecule has 7 N–H and O–H groups in total. The highest BCUT2D eigenvalue weighted by atomic mass is 19.1. The molecule has 2 amide bonds. The van der Waals surface area contributed by atoms with Crippen LogP contribution in [0.15, 0.2) is 66.7 Å². The van der Waals surface area contributed by atoms with Crippen LogP contribution in [-0.4, -0.2) is 105 Å². The lowest BCUT2D eigenvalue weighted by Crippen LogP contribution is -2.59. The molecular formula is C35H42F2N4O8. The second kappa shape index (κ2) is 18.1. The van der Waals surface area contributed by atoms with Crippen LogP contribution < -0.4 is 11.1 Å². The fraction of sp³-hybridized carbons (Fsp3) is 0.371. The molecule has 4 rings (SSSR count). The SMILES string of the molecule is Cc1cccc(C)c1NC(=O)CN1CCN(CCCC(c2ccc(F)cc2)c2ccc(F)cc2)C(C(N)=O)C1.O=C(O)C(O)C(O)C(=O)O. The van der Waals surface area contributed by atoms with Crippen LogP contribution in [0.3, 0.4) is 0 Å². The number of anilines is 1. The van der Waals surface area contributed by atoms with Crippen LogP contribution in [0.2, 0.25) is 0 Å². The molecule has 12 nitrogen and oxygen atoms in total. The summed E-state index contributed by atoms with van der Waals surface area (Å²) < 4.78 is 27.1. The summed E-state index contributed by atoms with van der Waals surface area (Å²) in [6.07, 6.45) is -3.03. The number of carboxylic acids is 2. The monoisotopic (exact) mass is 684 g/mol. The molecule has 3 aromatic rings. The number of carbonyl (C=O) groups is 4. The minimum atomic E-state index is -2.27. The van der Waals surface area contributed by atoms with Gasteiger partial charge >= 0.3 is 11.9 Å². The maximum Gasteiger partial charge on any atom is 0.335 e. The lowest BCUT2D eigenvalue weighted by molar-refractivity contribution is -0.165. The number of carboxylic acid groups (broad SMARTS) is 2. The first-order chi connectivity index (χ1) is 23.2. The first-order valence-corrected chi connectivity index (χ1v) is 15.6. The summed E-state index contributed by atoms with van der Waals surface area (Å²) in [7, 11) is 0. The van der Waals surface area contributed by atoms with Crippen molar-refractivity contribution in [3.8, 4) is 0 Å². The van der Waals surface area contributed by atoms with E-state index < -0.39 is 36.1 Å². The summed E-state index contributed by atoms with van der Waals surface area (Å²) in [5.41, 5.74) is 10.5. The molecule has 264 valence electrons. The summed E-state index contributed by atoms with van der Waals surface area (Å²) in [6.45, 7) is 6.39. The summed E-state index contributed by atoms with van der Waals surface area (Å²) in [6, 6.07) is 18.2. The Balaban J connectivity index is 0.000000565. The Bertz CT molecular complexity index is 1510. The average Bonchev–Trinajstić information content (AvgIpc) is 3.06. The first-order valence-electron chi connectivity index (χ1n) is 15.6. The fourth-order valence-corrected chi connectivity index (χ4v) is 5.64. The van der Waals surface area contributed by atoms with Crippen LogP contribution in [0, 0.1) is 25.5 Å². The third kappa shape index (κ3) is 11.4. The minimum Gasteiger partial charge on any atom is -0.479 e. The molecule has 1 heterocycles. The van der Waals surface area contributed by atoms with Crippen LogP contribution in [-0.2, 0) is 19.2 Å². The summed E-state index contributed by atoms with van der Waals surface area (Å²) >= 11 is 0. The lowest BCUT2D eigenvalue weighted by Gasteiger charge is -2.39. The van der Waals surface area contributed by atoms with Crippen LogP contribution >= 0.6 is 0 Å². The van der Waals surface area contributed by atoms with Gasteiger partial charge in [0.1, 0.15) is 17.7 Å². The zero-order chi connectivity index (χ0) is 36.2. The Morgan fingerprint density at radius 2 is 1.33 bits per heavy atom. The van der Waals surface area contributed by atoms with Gasteiger partial charge in [-0.1, -0.05) is 42.5 Å². The molecule has 0 radical (unpaired) electrons. The molecule has 1 aliphatic rings. The zero-order valence-electron chi connectivity index (χ0n) is 27.3. The number of aliphatic carboxylic acids is 2. The number of nitrogens with zero attached hydrogens (tertiary/aromatic N) is 2. The lowest BCUT2D eigenvalue weighted by atomic mass is 9.87. The highest BCUT2D eigenvalue weighted by Crippen LogP contribution is 2.30. The minimum absolute atomic E-state index is 0.0342. The van der Waals surface area contributed by atoms with E-state index in [0.717, 1.165) is 40.8 Å². The molecule has 1 saturated heterocycles. The summed E-state index contributed by atoms with van der Waals surface area (Å²) in [5, 5.41) is 35.5. The number of benzene rings is 3. The molecule has 1 fully saturated rings. The molecule has 1 aliphatic heterocycles. The fourth-order valence-electron chi connectivity index (χ4n) is 5.64. The first kappa shape index (κ1) is 38.7. The van der Waals surface area contributed by atoms with Gasteiger partial charge < -0.3 is 31.5 Å². The van der Waals surface area contributed by atoms with Gasteiger partial charge in [-0.15, -0.1) is 0 Å². The molecule has 3 aromatic carbocycles. The van der Waals surface area contributed by atoms with Crippen molar-refractivity contribution >= 4 is 29.4 Å². The van der Waals surface area contributed by atoms with Crippen molar-refractivity contribution in [3.63, 3.8) is 0 Å². The molecule has 49 heavy (non-hydrogen) atoms. The van der Waals surface area contributed by atoms with Crippen molar-refractivity contribution in [2.45, 2.75) is 50.9 Å². The third-order valence-corrected chi connectivity index (χ3v) is 8.30. The van der Waals surface area contributed by atoms with E-state index >= 15 is 0 Å². The average molecular weight is 685 g/mol. The Hall–Kier alpha value is -4.76. The van der Waals surface area contributed by atoms with Crippen molar-refractivity contribution < 1.29 is 48.4 Å². The van der Waals surface area contributed by atoms with E-state index in [1.807, 2.05) is 36.9 Å². The molecule has 0 saturated carbocycles. The van der Waals surface area contributed by atoms with Crippen LogP contribution in [0.4, 0.5) is 14.5 Å². The molecule has 3 atom stereocenters. The normalized spacial score (nSPS) is 16.3. The Morgan fingerprint density at radius 1 is 0.837 bits per heavy atom. The number of hydrogen-bond acceptors (Lipinski definition) is 8. The van der Waals surface area contributed by atoms with Crippen LogP contribution in [0.25, 0.3) is 0 Å². The van der Waals surface area contributed by atoms with Crippen molar-refractivity contribution in [3.05, 3.63) is 101 Å². The van der Waals surface area contributed by atoms with Gasteiger partial charge in [-0.05, 0) is 79.8 Å². The van der Waals surface area contributed by atoms with Gasteiger partial charge in [0, 0.05) is 31.2 Å². The van der Waals surface area contributed by atoms with E-state index in [4.69, 9.17) is 26.2 Å². The maximum absolute atomic E-state index is 13.5. The molecule has 14 heteroatoms. The Labute approximate surface area is 282 Å². The van der Waals surface area contributed by atoms with E-state index in [0.29, 0.717) is 26.2 Å². The molecule has 3 unspecified atom stereocenters. The molecule has 0 aromatic heterocycles. The number of carbonyl (C=O) groups excluding carboxylic acids is 2. The highest BCUT2D eigenvalue weighted by molar-refractivity contribution is 5.93. The quantitative estimate of drug-likeness (QED) is 0.156. The van der Waals surface area contributed by atoms with Gasteiger partial charge in [-0.3, -0.25) is 19.4 Å². The number of para-hydroxylation sites is 1. The molecule has 0 spiro atoms. The number of primary amides is 1. The van der Waals surface area contributed by atoms with E-state index in [-0.39, 0.29) is 30.0 Å². The van der Waals surface area contributed by atoms with E-state index in [2.05, 4.69) is 10.2 Å². The number of aliphatic hydroxyl groups is 2. The maximum atomic E-state index is 13.5. The van der Waals surface area contributed by atoms with Crippen molar-refractivity contribution in [1.82, 2.24) is 9.80 Å². The zero-order valence-corrected chi connectivity index (χ0v) is 27.3. The van der Waals surface area contributed by atoms with Gasteiger partial charge in [0.2, 0.25) is 11.8 Å². The van der Waals surface area contributed by atoms with E-state index in [9.17, 15) is 28.0 Å².